The molecule has 2 aromatic rings. The van der Waals surface area contributed by atoms with Crippen LogP contribution in [0.5, 0.6) is 0 Å². The minimum absolute atomic E-state index is 0.0399. The van der Waals surface area contributed by atoms with E-state index in [0.717, 1.165) is 69.3 Å². The van der Waals surface area contributed by atoms with Crippen molar-refractivity contribution in [2.75, 3.05) is 31.5 Å². The summed E-state index contributed by atoms with van der Waals surface area (Å²) in [5.41, 5.74) is 2.00. The first-order valence-corrected chi connectivity index (χ1v) is 9.38. The van der Waals surface area contributed by atoms with E-state index in [9.17, 15) is 4.79 Å². The smallest absolute Gasteiger partial charge is 0.323 e. The summed E-state index contributed by atoms with van der Waals surface area (Å²) in [7, 11) is 0. The Bertz CT molecular complexity index is 714. The van der Waals surface area contributed by atoms with Gasteiger partial charge in [-0.1, -0.05) is 13.0 Å². The van der Waals surface area contributed by atoms with Gasteiger partial charge in [-0.2, -0.15) is 5.10 Å². The number of urea groups is 1. The normalized spacial score (nSPS) is 15.7. The number of nitrogens with one attached hydrogen (secondary N) is 1. The summed E-state index contributed by atoms with van der Waals surface area (Å²) in [5, 5.41) is 7.48. The molecule has 1 aliphatic heterocycles. The second-order valence-corrected chi connectivity index (χ2v) is 6.76. The number of nitrogens with zero attached hydrogens (tertiary/aromatic N) is 5. The zero-order valence-electron chi connectivity index (χ0n) is 15.7. The molecule has 1 aliphatic rings. The average Bonchev–Trinajstić information content (AvgIpc) is 2.83. The number of rotatable bonds is 5. The van der Waals surface area contributed by atoms with Crippen molar-refractivity contribution in [2.45, 2.75) is 39.8 Å². The molecule has 3 rings (SSSR count). The lowest BCUT2D eigenvalue weighted by molar-refractivity contribution is 0.210. The van der Waals surface area contributed by atoms with Crippen molar-refractivity contribution >= 4 is 11.8 Å². The number of hydrogen-bond acceptors (Lipinski definition) is 4. The Balaban J connectivity index is 1.56. The fourth-order valence-electron chi connectivity index (χ4n) is 3.27. The molecule has 0 unspecified atom stereocenters. The predicted octanol–water partition coefficient (Wildman–Crippen LogP) is 2.74. The molecule has 3 heterocycles. The number of amides is 2. The van der Waals surface area contributed by atoms with Crippen LogP contribution in [0.1, 0.15) is 31.2 Å². The molecule has 7 heteroatoms. The predicted molar refractivity (Wildman–Crippen MR) is 102 cm³/mol. The van der Waals surface area contributed by atoms with Crippen LogP contribution in [0.2, 0.25) is 0 Å². The molecule has 1 saturated heterocycles. The van der Waals surface area contributed by atoms with Crippen LogP contribution in [0.25, 0.3) is 0 Å². The van der Waals surface area contributed by atoms with Crippen molar-refractivity contribution in [2.24, 2.45) is 0 Å². The lowest BCUT2D eigenvalue weighted by Crippen LogP contribution is -2.38. The first-order valence-electron chi connectivity index (χ1n) is 9.38. The van der Waals surface area contributed by atoms with Crippen molar-refractivity contribution in [3.63, 3.8) is 0 Å². The fraction of sp³-hybridized carbons (Fsp3) is 0.526. The van der Waals surface area contributed by atoms with Crippen LogP contribution in [0.15, 0.2) is 30.5 Å². The maximum Gasteiger partial charge on any atom is 0.323 e. The minimum atomic E-state index is -0.0399. The first kappa shape index (κ1) is 18.4. The molecule has 26 heavy (non-hydrogen) atoms. The monoisotopic (exact) mass is 356 g/mol. The molecular weight excluding hydrogens is 328 g/mol. The zero-order valence-corrected chi connectivity index (χ0v) is 15.7. The number of aromatic nitrogens is 3. The molecule has 0 atom stereocenters. The molecule has 0 bridgehead atoms. The molecule has 0 spiro atoms. The molecule has 0 aromatic carbocycles. The van der Waals surface area contributed by atoms with E-state index in [2.05, 4.69) is 27.2 Å². The number of carbonyl (C=O) groups is 1. The van der Waals surface area contributed by atoms with Gasteiger partial charge in [-0.15, -0.1) is 0 Å². The second-order valence-electron chi connectivity index (χ2n) is 6.76. The Labute approximate surface area is 155 Å². The van der Waals surface area contributed by atoms with Gasteiger partial charge in [0.2, 0.25) is 0 Å². The van der Waals surface area contributed by atoms with Crippen molar-refractivity contribution in [3.05, 3.63) is 41.9 Å². The van der Waals surface area contributed by atoms with E-state index in [4.69, 9.17) is 0 Å². The third-order valence-electron chi connectivity index (χ3n) is 4.56. The molecule has 2 aromatic heterocycles. The van der Waals surface area contributed by atoms with E-state index in [1.165, 1.54) is 0 Å². The summed E-state index contributed by atoms with van der Waals surface area (Å²) in [6, 6.07) is 7.89. The topological polar surface area (TPSA) is 66.3 Å². The molecule has 7 nitrogen and oxygen atoms in total. The van der Waals surface area contributed by atoms with E-state index >= 15 is 0 Å². The summed E-state index contributed by atoms with van der Waals surface area (Å²) < 4.78 is 1.87. The molecule has 2 amide bonds. The van der Waals surface area contributed by atoms with Crippen LogP contribution in [0.4, 0.5) is 10.6 Å². The van der Waals surface area contributed by atoms with Gasteiger partial charge in [0.1, 0.15) is 5.82 Å². The van der Waals surface area contributed by atoms with Crippen LogP contribution < -0.4 is 5.32 Å². The third-order valence-corrected chi connectivity index (χ3v) is 4.56. The number of anilines is 1. The third kappa shape index (κ3) is 4.82. The van der Waals surface area contributed by atoms with Crippen molar-refractivity contribution in [3.8, 4) is 0 Å². The van der Waals surface area contributed by atoms with E-state index in [-0.39, 0.29) is 6.03 Å². The van der Waals surface area contributed by atoms with Crippen molar-refractivity contribution in [1.82, 2.24) is 24.6 Å². The number of aryl methyl sites for hydroxylation is 2. The largest absolute Gasteiger partial charge is 0.323 e. The zero-order chi connectivity index (χ0) is 18.4. The van der Waals surface area contributed by atoms with E-state index in [1.54, 1.807) is 0 Å². The quantitative estimate of drug-likeness (QED) is 0.895. The van der Waals surface area contributed by atoms with Gasteiger partial charge in [-0.05, 0) is 31.9 Å². The van der Waals surface area contributed by atoms with Crippen LogP contribution in [-0.2, 0) is 13.1 Å². The Kier molecular flexibility index (Phi) is 6.22. The Hall–Kier alpha value is -2.41. The van der Waals surface area contributed by atoms with E-state index in [1.807, 2.05) is 47.0 Å². The Morgan fingerprint density at radius 1 is 1.23 bits per heavy atom. The SMILES string of the molecule is CCCn1nc(C)cc1NC(=O)N1CCCN(Cc2ccccn2)CC1. The van der Waals surface area contributed by atoms with Crippen LogP contribution >= 0.6 is 0 Å². The average molecular weight is 356 g/mol. The molecular formula is C19H28N6O. The fourth-order valence-corrected chi connectivity index (χ4v) is 3.27. The molecule has 0 saturated carbocycles. The maximum atomic E-state index is 12.7. The lowest BCUT2D eigenvalue weighted by Gasteiger charge is -2.22. The van der Waals surface area contributed by atoms with Gasteiger partial charge in [0.05, 0.1) is 11.4 Å². The van der Waals surface area contributed by atoms with Gasteiger partial charge in [0.25, 0.3) is 0 Å². The van der Waals surface area contributed by atoms with Gasteiger partial charge in [0.15, 0.2) is 0 Å². The molecule has 1 N–H and O–H groups in total. The number of carbonyl (C=O) groups excluding carboxylic acids is 1. The highest BCUT2D eigenvalue weighted by Gasteiger charge is 2.20. The van der Waals surface area contributed by atoms with E-state index < -0.39 is 0 Å². The van der Waals surface area contributed by atoms with Gasteiger partial charge in [-0.3, -0.25) is 15.2 Å². The van der Waals surface area contributed by atoms with E-state index in [0.29, 0.717) is 0 Å². The van der Waals surface area contributed by atoms with Gasteiger partial charge in [-0.25, -0.2) is 9.48 Å². The second kappa shape index (κ2) is 8.80. The highest BCUT2D eigenvalue weighted by Crippen LogP contribution is 2.13. The van der Waals surface area contributed by atoms with Gasteiger partial charge >= 0.3 is 6.03 Å². The van der Waals surface area contributed by atoms with Crippen LogP contribution in [-0.4, -0.2) is 56.8 Å². The number of pyridine rings is 1. The van der Waals surface area contributed by atoms with Gasteiger partial charge in [0, 0.05) is 51.5 Å². The summed E-state index contributed by atoms with van der Waals surface area (Å²) >= 11 is 0. The van der Waals surface area contributed by atoms with Crippen LogP contribution in [0, 0.1) is 6.92 Å². The summed E-state index contributed by atoms with van der Waals surface area (Å²) in [4.78, 5) is 21.4. The Morgan fingerprint density at radius 3 is 2.88 bits per heavy atom. The highest BCUT2D eigenvalue weighted by atomic mass is 16.2. The molecule has 0 radical (unpaired) electrons. The maximum absolute atomic E-state index is 12.7. The minimum Gasteiger partial charge on any atom is -0.323 e. The molecule has 140 valence electrons. The highest BCUT2D eigenvalue weighted by molar-refractivity contribution is 5.88. The number of hydrogen-bond donors (Lipinski definition) is 1. The first-order chi connectivity index (χ1) is 12.7. The molecule has 0 aliphatic carbocycles. The summed E-state index contributed by atoms with van der Waals surface area (Å²) in [5.74, 6) is 0.781. The molecule has 1 fully saturated rings. The van der Waals surface area contributed by atoms with Crippen molar-refractivity contribution < 1.29 is 4.79 Å². The Morgan fingerprint density at radius 2 is 2.12 bits per heavy atom. The van der Waals surface area contributed by atoms with Gasteiger partial charge < -0.3 is 4.90 Å². The lowest BCUT2D eigenvalue weighted by atomic mass is 10.3. The summed E-state index contributed by atoms with van der Waals surface area (Å²) in [6.45, 7) is 9.02. The van der Waals surface area contributed by atoms with Crippen LogP contribution in [0.3, 0.4) is 0 Å². The standard InChI is InChI=1S/C19H28N6O/c1-3-9-25-18(14-16(2)22-25)21-19(26)24-11-6-10-23(12-13-24)15-17-7-4-5-8-20-17/h4-5,7-8,14H,3,6,9-13,15H2,1-2H3,(H,21,26). The van der Waals surface area contributed by atoms with Crippen molar-refractivity contribution in [1.29, 1.82) is 0 Å². The summed E-state index contributed by atoms with van der Waals surface area (Å²) in [6.07, 6.45) is 3.78.